The first kappa shape index (κ1) is 16.9. The molecule has 7 heteroatoms. The quantitative estimate of drug-likeness (QED) is 0.891. The fourth-order valence-electron chi connectivity index (χ4n) is 3.48. The zero-order valence-corrected chi connectivity index (χ0v) is 15.4. The molecule has 0 radical (unpaired) electrons. The van der Waals surface area contributed by atoms with Crippen LogP contribution in [0.15, 0.2) is 35.7 Å². The average molecular weight is 371 g/mol. The number of amides is 2. The summed E-state index contributed by atoms with van der Waals surface area (Å²) >= 11 is 1.76. The van der Waals surface area contributed by atoms with Gasteiger partial charge in [0.05, 0.1) is 18.8 Å². The summed E-state index contributed by atoms with van der Waals surface area (Å²) in [5.74, 6) is 0.533. The van der Waals surface area contributed by atoms with Crippen LogP contribution in [0.4, 0.5) is 5.69 Å². The normalized spacial score (nSPS) is 18.6. The summed E-state index contributed by atoms with van der Waals surface area (Å²) < 4.78 is 5.80. The molecule has 0 fully saturated rings. The van der Waals surface area contributed by atoms with Crippen LogP contribution >= 0.6 is 11.3 Å². The van der Waals surface area contributed by atoms with Gasteiger partial charge in [0, 0.05) is 25.0 Å². The lowest BCUT2D eigenvalue weighted by molar-refractivity contribution is -0.131. The van der Waals surface area contributed by atoms with E-state index in [1.54, 1.807) is 18.4 Å². The highest BCUT2D eigenvalue weighted by Crippen LogP contribution is 2.33. The number of likely N-dealkylation sites (N-methyl/N-ethyl adjacent to an activating group) is 1. The first-order chi connectivity index (χ1) is 12.7. The summed E-state index contributed by atoms with van der Waals surface area (Å²) in [5.41, 5.74) is 2.11. The molecule has 3 heterocycles. The van der Waals surface area contributed by atoms with Crippen molar-refractivity contribution in [1.82, 2.24) is 10.2 Å². The van der Waals surface area contributed by atoms with Crippen molar-refractivity contribution >= 4 is 28.8 Å². The van der Waals surface area contributed by atoms with Gasteiger partial charge in [0.25, 0.3) is 5.91 Å². The smallest absolute Gasteiger partial charge is 0.262 e. The molecular weight excluding hydrogens is 350 g/mol. The molecule has 1 aromatic carbocycles. The maximum atomic E-state index is 12.9. The first-order valence-corrected chi connectivity index (χ1v) is 9.59. The van der Waals surface area contributed by atoms with Crippen LogP contribution in [0.3, 0.4) is 0 Å². The van der Waals surface area contributed by atoms with Gasteiger partial charge in [-0.25, -0.2) is 0 Å². The van der Waals surface area contributed by atoms with E-state index in [-0.39, 0.29) is 18.4 Å². The van der Waals surface area contributed by atoms with Crippen LogP contribution in [0.1, 0.15) is 10.4 Å². The van der Waals surface area contributed by atoms with Crippen molar-refractivity contribution in [2.45, 2.75) is 19.1 Å². The second-order valence-corrected chi connectivity index (χ2v) is 7.50. The highest BCUT2D eigenvalue weighted by molar-refractivity contribution is 7.10. The van der Waals surface area contributed by atoms with Crippen molar-refractivity contribution in [3.05, 3.63) is 46.2 Å². The van der Waals surface area contributed by atoms with Crippen molar-refractivity contribution in [2.24, 2.45) is 0 Å². The Kier molecular flexibility index (Phi) is 4.55. The van der Waals surface area contributed by atoms with Crippen molar-refractivity contribution in [1.29, 1.82) is 0 Å². The molecule has 2 aliphatic heterocycles. The zero-order valence-electron chi connectivity index (χ0n) is 14.6. The predicted molar refractivity (Wildman–Crippen MR) is 101 cm³/mol. The number of anilines is 1. The highest BCUT2D eigenvalue weighted by Gasteiger charge is 2.32. The number of hydrogen-bond donors (Lipinski definition) is 1. The molecule has 1 atom stereocenters. The number of hydrogen-bond acceptors (Lipinski definition) is 5. The largest absolute Gasteiger partial charge is 0.477 e. The molecule has 0 unspecified atom stereocenters. The van der Waals surface area contributed by atoms with E-state index in [0.29, 0.717) is 18.8 Å². The molecule has 1 aromatic heterocycles. The van der Waals surface area contributed by atoms with E-state index in [1.165, 1.54) is 10.4 Å². The molecule has 136 valence electrons. The third-order valence-electron chi connectivity index (χ3n) is 4.89. The molecule has 1 N–H and O–H groups in total. The van der Waals surface area contributed by atoms with Crippen LogP contribution in [0, 0.1) is 0 Å². The van der Waals surface area contributed by atoms with Gasteiger partial charge < -0.3 is 19.9 Å². The van der Waals surface area contributed by atoms with Crippen LogP contribution in [0.2, 0.25) is 0 Å². The molecule has 0 saturated carbocycles. The maximum Gasteiger partial charge on any atom is 0.262 e. The summed E-state index contributed by atoms with van der Waals surface area (Å²) in [6, 6.07) is 9.65. The van der Waals surface area contributed by atoms with Gasteiger partial charge in [0.15, 0.2) is 6.10 Å². The van der Waals surface area contributed by atoms with Crippen LogP contribution in [0.25, 0.3) is 0 Å². The van der Waals surface area contributed by atoms with Crippen molar-refractivity contribution in [3.63, 3.8) is 0 Å². The van der Waals surface area contributed by atoms with E-state index in [4.69, 9.17) is 4.74 Å². The van der Waals surface area contributed by atoms with E-state index in [0.717, 1.165) is 18.7 Å². The van der Waals surface area contributed by atoms with Gasteiger partial charge in [-0.05, 0) is 35.6 Å². The summed E-state index contributed by atoms with van der Waals surface area (Å²) in [4.78, 5) is 30.2. The average Bonchev–Trinajstić information content (AvgIpc) is 3.15. The van der Waals surface area contributed by atoms with Gasteiger partial charge in [-0.2, -0.15) is 0 Å². The second kappa shape index (κ2) is 6.99. The van der Waals surface area contributed by atoms with E-state index < -0.39 is 6.10 Å². The summed E-state index contributed by atoms with van der Waals surface area (Å²) in [6.45, 7) is 2.02. The minimum absolute atomic E-state index is 0.0780. The second-order valence-electron chi connectivity index (χ2n) is 6.50. The van der Waals surface area contributed by atoms with E-state index in [1.807, 2.05) is 34.1 Å². The molecule has 0 saturated heterocycles. The number of carbonyl (C=O) groups is 2. The van der Waals surface area contributed by atoms with Gasteiger partial charge in [-0.3, -0.25) is 9.59 Å². The Bertz CT molecular complexity index is 835. The summed E-state index contributed by atoms with van der Waals surface area (Å²) in [6.07, 6.45) is 0.298. The van der Waals surface area contributed by atoms with Crippen LogP contribution in [-0.4, -0.2) is 49.5 Å². The molecule has 0 spiro atoms. The van der Waals surface area contributed by atoms with Gasteiger partial charge >= 0.3 is 0 Å². The Morgan fingerprint density at radius 2 is 2.15 bits per heavy atom. The molecule has 2 aliphatic rings. The number of carbonyl (C=O) groups excluding carboxylic acids is 2. The van der Waals surface area contributed by atoms with Gasteiger partial charge in [-0.15, -0.1) is 11.3 Å². The zero-order chi connectivity index (χ0) is 18.1. The topological polar surface area (TPSA) is 61.9 Å². The lowest BCUT2D eigenvalue weighted by Gasteiger charge is -2.36. The number of rotatable bonds is 3. The number of para-hydroxylation sites is 2. The fraction of sp³-hybridized carbons (Fsp3) is 0.368. The molecule has 0 aliphatic carbocycles. The number of fused-ring (bicyclic) bond motifs is 2. The predicted octanol–water partition coefficient (Wildman–Crippen LogP) is 1.65. The minimum atomic E-state index is -0.618. The monoisotopic (exact) mass is 371 g/mol. The Labute approximate surface area is 156 Å². The van der Waals surface area contributed by atoms with Crippen LogP contribution < -0.4 is 15.0 Å². The fourth-order valence-corrected chi connectivity index (χ4v) is 4.37. The molecule has 2 aromatic rings. The Balaban J connectivity index is 1.51. The van der Waals surface area contributed by atoms with Gasteiger partial charge in [0.1, 0.15) is 5.75 Å². The number of benzene rings is 1. The number of thiophene rings is 1. The number of nitrogens with one attached hydrogen (secondary N) is 1. The molecule has 0 bridgehead atoms. The molecular formula is C19H21N3O3S. The number of nitrogens with zero attached hydrogens (tertiary/aromatic N) is 2. The SMILES string of the molecule is CNC(=O)[C@H]1CN(CC(=O)N2CCc3sccc3C2)c2ccccc2O1. The van der Waals surface area contributed by atoms with Gasteiger partial charge in [-0.1, -0.05) is 12.1 Å². The third-order valence-corrected chi connectivity index (χ3v) is 5.91. The van der Waals surface area contributed by atoms with Crippen LogP contribution in [0.5, 0.6) is 5.75 Å². The molecule has 4 rings (SSSR count). The Hall–Kier alpha value is -2.54. The standard InChI is InChI=1S/C19H21N3O3S/c1-20-19(24)16-11-22(14-4-2-3-5-15(14)25-16)12-18(23)21-8-6-17-13(10-21)7-9-26-17/h2-5,7,9,16H,6,8,10-12H2,1H3,(H,20,24)/t16-/m1/s1. The Morgan fingerprint density at radius 3 is 3.00 bits per heavy atom. The molecule has 2 amide bonds. The van der Waals surface area contributed by atoms with Crippen LogP contribution in [-0.2, 0) is 22.6 Å². The van der Waals surface area contributed by atoms with Crippen molar-refractivity contribution in [2.75, 3.05) is 31.6 Å². The summed E-state index contributed by atoms with van der Waals surface area (Å²) in [7, 11) is 1.59. The lowest BCUT2D eigenvalue weighted by Crippen LogP contribution is -2.51. The minimum Gasteiger partial charge on any atom is -0.477 e. The molecule has 6 nitrogen and oxygen atoms in total. The maximum absolute atomic E-state index is 12.9. The highest BCUT2D eigenvalue weighted by atomic mass is 32.1. The van der Waals surface area contributed by atoms with Gasteiger partial charge in [0.2, 0.25) is 5.91 Å². The lowest BCUT2D eigenvalue weighted by atomic mass is 10.1. The van der Waals surface area contributed by atoms with E-state index >= 15 is 0 Å². The van der Waals surface area contributed by atoms with Crippen molar-refractivity contribution in [3.8, 4) is 5.75 Å². The molecule has 26 heavy (non-hydrogen) atoms. The third kappa shape index (κ3) is 3.14. The van der Waals surface area contributed by atoms with E-state index in [9.17, 15) is 9.59 Å². The van der Waals surface area contributed by atoms with Crippen molar-refractivity contribution < 1.29 is 14.3 Å². The van der Waals surface area contributed by atoms with E-state index in [2.05, 4.69) is 16.8 Å². The summed E-state index contributed by atoms with van der Waals surface area (Å²) in [5, 5.41) is 4.71. The Morgan fingerprint density at radius 1 is 1.31 bits per heavy atom. The number of ether oxygens (including phenoxy) is 1. The first-order valence-electron chi connectivity index (χ1n) is 8.71.